The molecule has 3 heteroatoms. The second-order valence-corrected chi connectivity index (χ2v) is 3.58. The van der Waals surface area contributed by atoms with Crippen LogP contribution in [0.25, 0.3) is 0 Å². The number of carbonyl (C=O) groups is 1. The Kier molecular flexibility index (Phi) is 3.02. The minimum absolute atomic E-state index is 0.244. The molecule has 0 amide bonds. The number of rotatable bonds is 4. The molecule has 0 atom stereocenters. The Balaban J connectivity index is 2.06. The van der Waals surface area contributed by atoms with E-state index in [0.717, 1.165) is 23.3 Å². The molecule has 0 aliphatic heterocycles. The number of methoxy groups -OCH3 is 1. The number of fused-ring (bicyclic) bond motifs is 1. The third-order valence-electron chi connectivity index (χ3n) is 2.55. The first-order chi connectivity index (χ1) is 7.31. The highest BCUT2D eigenvalue weighted by molar-refractivity contribution is 6.00. The van der Waals surface area contributed by atoms with Gasteiger partial charge < -0.3 is 9.47 Å². The van der Waals surface area contributed by atoms with Crippen molar-refractivity contribution in [2.24, 2.45) is 0 Å². The zero-order valence-electron chi connectivity index (χ0n) is 8.79. The number of ether oxygens (including phenoxy) is 2. The third kappa shape index (κ3) is 2.18. The standard InChI is InChI=1S/C12H14O3/c1-14-6-7-15-10-3-4-11-9(8-10)2-5-12(11)13/h3-4,8H,2,5-7H2,1H3. The summed E-state index contributed by atoms with van der Waals surface area (Å²) >= 11 is 0. The van der Waals surface area contributed by atoms with Crippen molar-refractivity contribution in [3.05, 3.63) is 29.3 Å². The molecule has 0 unspecified atom stereocenters. The van der Waals surface area contributed by atoms with E-state index < -0.39 is 0 Å². The van der Waals surface area contributed by atoms with Gasteiger partial charge in [0.15, 0.2) is 5.78 Å². The van der Waals surface area contributed by atoms with E-state index in [-0.39, 0.29) is 5.78 Å². The van der Waals surface area contributed by atoms with E-state index in [1.807, 2.05) is 18.2 Å². The fraction of sp³-hybridized carbons (Fsp3) is 0.417. The van der Waals surface area contributed by atoms with Crippen LogP contribution in [-0.4, -0.2) is 26.1 Å². The Hall–Kier alpha value is -1.35. The van der Waals surface area contributed by atoms with Crippen molar-refractivity contribution in [1.82, 2.24) is 0 Å². The predicted octanol–water partition coefficient (Wildman–Crippen LogP) is 1.84. The Bertz CT molecular complexity index is 371. The lowest BCUT2D eigenvalue weighted by Gasteiger charge is -2.06. The smallest absolute Gasteiger partial charge is 0.163 e. The summed E-state index contributed by atoms with van der Waals surface area (Å²) in [7, 11) is 1.64. The molecule has 0 saturated heterocycles. The summed E-state index contributed by atoms with van der Waals surface area (Å²) in [5.41, 5.74) is 1.96. The van der Waals surface area contributed by atoms with Crippen LogP contribution >= 0.6 is 0 Å². The summed E-state index contributed by atoms with van der Waals surface area (Å²) in [6, 6.07) is 5.65. The van der Waals surface area contributed by atoms with Gasteiger partial charge in [-0.05, 0) is 30.2 Å². The van der Waals surface area contributed by atoms with Gasteiger partial charge in [-0.3, -0.25) is 4.79 Å². The second kappa shape index (κ2) is 4.45. The van der Waals surface area contributed by atoms with Crippen LogP contribution in [0.3, 0.4) is 0 Å². The lowest BCUT2D eigenvalue weighted by molar-refractivity contribution is 0.0994. The van der Waals surface area contributed by atoms with Gasteiger partial charge in [0, 0.05) is 19.1 Å². The highest BCUT2D eigenvalue weighted by Crippen LogP contribution is 2.25. The van der Waals surface area contributed by atoms with E-state index in [0.29, 0.717) is 19.6 Å². The third-order valence-corrected chi connectivity index (χ3v) is 2.55. The normalized spacial score (nSPS) is 14.1. The number of benzene rings is 1. The zero-order chi connectivity index (χ0) is 10.7. The minimum atomic E-state index is 0.244. The van der Waals surface area contributed by atoms with Crippen LogP contribution in [0.4, 0.5) is 0 Å². The van der Waals surface area contributed by atoms with Gasteiger partial charge >= 0.3 is 0 Å². The largest absolute Gasteiger partial charge is 0.491 e. The van der Waals surface area contributed by atoms with E-state index in [4.69, 9.17) is 9.47 Å². The molecule has 1 aliphatic carbocycles. The van der Waals surface area contributed by atoms with Crippen molar-refractivity contribution in [3.8, 4) is 5.75 Å². The molecule has 2 rings (SSSR count). The van der Waals surface area contributed by atoms with E-state index >= 15 is 0 Å². The first kappa shape index (κ1) is 10.2. The van der Waals surface area contributed by atoms with Crippen molar-refractivity contribution < 1.29 is 14.3 Å². The van der Waals surface area contributed by atoms with Crippen molar-refractivity contribution in [3.63, 3.8) is 0 Å². The first-order valence-corrected chi connectivity index (χ1v) is 5.09. The number of Topliss-reactive ketones (excluding diaryl/α,β-unsaturated/α-hetero) is 1. The summed E-state index contributed by atoms with van der Waals surface area (Å²) in [6.45, 7) is 1.12. The minimum Gasteiger partial charge on any atom is -0.491 e. The van der Waals surface area contributed by atoms with E-state index in [2.05, 4.69) is 0 Å². The van der Waals surface area contributed by atoms with Crippen LogP contribution in [0.2, 0.25) is 0 Å². The first-order valence-electron chi connectivity index (χ1n) is 5.09. The molecule has 0 saturated carbocycles. The van der Waals surface area contributed by atoms with Gasteiger partial charge in [-0.25, -0.2) is 0 Å². The van der Waals surface area contributed by atoms with Gasteiger partial charge in [0.2, 0.25) is 0 Å². The van der Waals surface area contributed by atoms with Crippen LogP contribution in [0.15, 0.2) is 18.2 Å². The molecule has 1 aromatic rings. The second-order valence-electron chi connectivity index (χ2n) is 3.58. The molecule has 0 radical (unpaired) electrons. The van der Waals surface area contributed by atoms with Crippen molar-refractivity contribution in [2.45, 2.75) is 12.8 Å². The maximum atomic E-state index is 11.4. The quantitative estimate of drug-likeness (QED) is 0.705. The monoisotopic (exact) mass is 206 g/mol. The number of ketones is 1. The van der Waals surface area contributed by atoms with Crippen molar-refractivity contribution >= 4 is 5.78 Å². The van der Waals surface area contributed by atoms with Gasteiger partial charge in [0.1, 0.15) is 12.4 Å². The average molecular weight is 206 g/mol. The molecule has 0 N–H and O–H groups in total. The molecule has 0 fully saturated rings. The van der Waals surface area contributed by atoms with Crippen LogP contribution < -0.4 is 4.74 Å². The van der Waals surface area contributed by atoms with Crippen LogP contribution in [0, 0.1) is 0 Å². The molecular formula is C12H14O3. The molecule has 0 spiro atoms. The fourth-order valence-corrected chi connectivity index (χ4v) is 1.76. The molecule has 1 aliphatic rings. The van der Waals surface area contributed by atoms with E-state index in [1.54, 1.807) is 7.11 Å². The number of carbonyl (C=O) groups excluding carboxylic acids is 1. The lowest BCUT2D eigenvalue weighted by atomic mass is 10.1. The fourth-order valence-electron chi connectivity index (χ4n) is 1.76. The van der Waals surface area contributed by atoms with E-state index in [9.17, 15) is 4.79 Å². The Labute approximate surface area is 89.0 Å². The lowest BCUT2D eigenvalue weighted by Crippen LogP contribution is -2.04. The summed E-state index contributed by atoms with van der Waals surface area (Å²) < 4.78 is 10.4. The SMILES string of the molecule is COCCOc1ccc2c(c1)CCC2=O. The maximum Gasteiger partial charge on any atom is 0.163 e. The van der Waals surface area contributed by atoms with Crippen molar-refractivity contribution in [1.29, 1.82) is 0 Å². The number of aryl methyl sites for hydroxylation is 1. The van der Waals surface area contributed by atoms with Gasteiger partial charge in [-0.15, -0.1) is 0 Å². The molecule has 80 valence electrons. The molecule has 0 aromatic heterocycles. The maximum absolute atomic E-state index is 11.4. The summed E-state index contributed by atoms with van der Waals surface area (Å²) in [5.74, 6) is 1.06. The van der Waals surface area contributed by atoms with E-state index in [1.165, 1.54) is 0 Å². The molecule has 1 aromatic carbocycles. The van der Waals surface area contributed by atoms with Gasteiger partial charge in [0.25, 0.3) is 0 Å². The van der Waals surface area contributed by atoms with Crippen molar-refractivity contribution in [2.75, 3.05) is 20.3 Å². The van der Waals surface area contributed by atoms with Gasteiger partial charge in [0.05, 0.1) is 6.61 Å². The molecule has 3 nitrogen and oxygen atoms in total. The number of hydrogen-bond donors (Lipinski definition) is 0. The Morgan fingerprint density at radius 3 is 2.93 bits per heavy atom. The summed E-state index contributed by atoms with van der Waals surface area (Å²) in [5, 5.41) is 0. The van der Waals surface area contributed by atoms with Gasteiger partial charge in [-0.2, -0.15) is 0 Å². The van der Waals surface area contributed by atoms with Gasteiger partial charge in [-0.1, -0.05) is 0 Å². The highest BCUT2D eigenvalue weighted by atomic mass is 16.5. The zero-order valence-corrected chi connectivity index (χ0v) is 8.79. The van der Waals surface area contributed by atoms with Crippen LogP contribution in [0.1, 0.15) is 22.3 Å². The molecule has 15 heavy (non-hydrogen) atoms. The molecule has 0 heterocycles. The average Bonchev–Trinajstić information content (AvgIpc) is 2.61. The highest BCUT2D eigenvalue weighted by Gasteiger charge is 2.19. The van der Waals surface area contributed by atoms with Crippen LogP contribution in [0.5, 0.6) is 5.75 Å². The Morgan fingerprint density at radius 1 is 1.27 bits per heavy atom. The predicted molar refractivity (Wildman–Crippen MR) is 56.5 cm³/mol. The summed E-state index contributed by atoms with van der Waals surface area (Å²) in [6.07, 6.45) is 1.48. The number of hydrogen-bond acceptors (Lipinski definition) is 3. The molecule has 0 bridgehead atoms. The Morgan fingerprint density at radius 2 is 2.13 bits per heavy atom. The topological polar surface area (TPSA) is 35.5 Å². The van der Waals surface area contributed by atoms with Crippen LogP contribution in [-0.2, 0) is 11.2 Å². The molecular weight excluding hydrogens is 192 g/mol. The summed E-state index contributed by atoms with van der Waals surface area (Å²) in [4.78, 5) is 11.4.